The van der Waals surface area contributed by atoms with Gasteiger partial charge in [-0.25, -0.2) is 26.7 Å². The van der Waals surface area contributed by atoms with Crippen LogP contribution in [0.15, 0.2) is 44.8 Å². The fourth-order valence-electron chi connectivity index (χ4n) is 4.57. The van der Waals surface area contributed by atoms with Crippen molar-refractivity contribution >= 4 is 33.2 Å². The first-order valence-electron chi connectivity index (χ1n) is 10.5. The molecule has 2 bridgehead atoms. The van der Waals surface area contributed by atoms with E-state index in [4.69, 9.17) is 27.9 Å². The predicted octanol–water partition coefficient (Wildman–Crippen LogP) is 2.61. The molecule has 0 amide bonds. The topological polar surface area (TPSA) is 164 Å². The number of aliphatic hydroxyl groups is 1. The van der Waals surface area contributed by atoms with Gasteiger partial charge in [0.25, 0.3) is 12.0 Å². The van der Waals surface area contributed by atoms with Crippen molar-refractivity contribution in [3.63, 3.8) is 0 Å². The normalized spacial score (nSPS) is 22.4. The summed E-state index contributed by atoms with van der Waals surface area (Å²) in [5, 5.41) is 23.0. The lowest BCUT2D eigenvalue weighted by Gasteiger charge is -2.67. The number of aromatic nitrogens is 3. The molecule has 2 aromatic carbocycles. The van der Waals surface area contributed by atoms with Gasteiger partial charge in [-0.15, -0.1) is 0 Å². The monoisotopic (exact) mass is 576 g/mol. The molecule has 3 fully saturated rings. The average Bonchev–Trinajstić information content (AvgIpc) is 2.75. The summed E-state index contributed by atoms with van der Waals surface area (Å²) in [6.07, 6.45) is -2.42. The summed E-state index contributed by atoms with van der Waals surface area (Å²) in [5.41, 5.74) is -5.41. The molecule has 3 aromatic rings. The van der Waals surface area contributed by atoms with Crippen LogP contribution in [0.25, 0.3) is 5.69 Å². The number of phenolic OH excluding ortho intramolecular Hbond substituents is 1. The van der Waals surface area contributed by atoms with E-state index in [0.29, 0.717) is 4.68 Å². The van der Waals surface area contributed by atoms with E-state index in [1.165, 1.54) is 6.07 Å². The van der Waals surface area contributed by atoms with E-state index in [2.05, 4.69) is 9.82 Å². The van der Waals surface area contributed by atoms with Crippen LogP contribution in [0, 0.1) is 0 Å². The number of aromatic hydroxyl groups is 1. The number of sulfonamides is 1. The molecule has 0 saturated heterocycles. The highest BCUT2D eigenvalue weighted by atomic mass is 35.5. The largest absolute Gasteiger partial charge is 0.507 e. The maximum absolute atomic E-state index is 13.1. The van der Waals surface area contributed by atoms with Crippen LogP contribution in [0.4, 0.5) is 8.78 Å². The van der Waals surface area contributed by atoms with E-state index in [0.717, 1.165) is 24.3 Å². The smallest absolute Gasteiger partial charge is 0.349 e. The maximum Gasteiger partial charge on any atom is 0.349 e. The molecule has 3 aliphatic rings. The van der Waals surface area contributed by atoms with Crippen molar-refractivity contribution < 1.29 is 32.1 Å². The van der Waals surface area contributed by atoms with Gasteiger partial charge in [0, 0.05) is 11.6 Å². The van der Waals surface area contributed by atoms with Crippen molar-refractivity contribution in [2.45, 2.75) is 41.7 Å². The van der Waals surface area contributed by atoms with Gasteiger partial charge in [-0.05, 0) is 43.5 Å². The number of hydrogen-bond donors (Lipinski definition) is 4. The third-order valence-corrected chi connectivity index (χ3v) is 8.25. The summed E-state index contributed by atoms with van der Waals surface area (Å²) >= 11 is 12.5. The van der Waals surface area contributed by atoms with Gasteiger partial charge in [0.05, 0.1) is 21.3 Å². The Hall–Kier alpha value is -3.04. The average molecular weight is 577 g/mol. The number of benzene rings is 2. The molecule has 0 atom stereocenters. The highest BCUT2D eigenvalue weighted by molar-refractivity contribution is 7.89. The number of H-pyrrole nitrogens is 1. The Kier molecular flexibility index (Phi) is 5.88. The predicted molar refractivity (Wildman–Crippen MR) is 125 cm³/mol. The van der Waals surface area contributed by atoms with Crippen molar-refractivity contribution in [1.82, 2.24) is 19.5 Å². The number of alkyl halides is 2. The fourth-order valence-corrected chi connectivity index (χ4v) is 6.63. The molecular formula is C21H16Cl2F2N4O7S. The highest BCUT2D eigenvalue weighted by Gasteiger charge is 2.68. The van der Waals surface area contributed by atoms with Crippen LogP contribution in [0.1, 0.15) is 31.4 Å². The van der Waals surface area contributed by atoms with E-state index >= 15 is 0 Å². The molecule has 37 heavy (non-hydrogen) atoms. The molecule has 3 aliphatic carbocycles. The van der Waals surface area contributed by atoms with Crippen LogP contribution in [-0.4, -0.2) is 44.5 Å². The number of halogens is 4. The third-order valence-electron chi connectivity index (χ3n) is 6.08. The van der Waals surface area contributed by atoms with Crippen molar-refractivity contribution in [2.24, 2.45) is 0 Å². The van der Waals surface area contributed by atoms with Gasteiger partial charge in [-0.3, -0.25) is 9.78 Å². The van der Waals surface area contributed by atoms with Gasteiger partial charge >= 0.3 is 5.69 Å². The number of nitrogens with one attached hydrogen (secondary N) is 2. The molecule has 1 heterocycles. The van der Waals surface area contributed by atoms with E-state index in [1.807, 2.05) is 0 Å². The van der Waals surface area contributed by atoms with Crippen LogP contribution in [-0.2, 0) is 10.0 Å². The van der Waals surface area contributed by atoms with Crippen molar-refractivity contribution in [3.8, 4) is 22.9 Å². The number of phenols is 1. The van der Waals surface area contributed by atoms with Crippen LogP contribution in [0.5, 0.6) is 17.2 Å². The quantitative estimate of drug-likeness (QED) is 0.333. The third kappa shape index (κ3) is 4.48. The second-order valence-corrected chi connectivity index (χ2v) is 11.4. The second kappa shape index (κ2) is 8.49. The van der Waals surface area contributed by atoms with E-state index in [1.54, 1.807) is 4.98 Å². The molecule has 0 unspecified atom stereocenters. The van der Waals surface area contributed by atoms with Crippen LogP contribution in [0.3, 0.4) is 0 Å². The molecule has 0 aliphatic heterocycles. The highest BCUT2D eigenvalue weighted by Crippen LogP contribution is 2.60. The maximum atomic E-state index is 13.1. The molecule has 0 spiro atoms. The SMILES string of the molecule is O=c1[nH]c(=O)n(-c2cc(Cl)c(Oc3ccc(O)c(S(=O)(=O)NC45CC(O)(C4)C5)c3)c(Cl)c2)nc1C(F)F. The van der Waals surface area contributed by atoms with Gasteiger partial charge < -0.3 is 14.9 Å². The first kappa shape index (κ1) is 25.6. The molecule has 4 N–H and O–H groups in total. The zero-order valence-electron chi connectivity index (χ0n) is 18.3. The number of rotatable bonds is 7. The van der Waals surface area contributed by atoms with Gasteiger partial charge in [0.15, 0.2) is 11.4 Å². The van der Waals surface area contributed by atoms with E-state index in [-0.39, 0.29) is 46.5 Å². The van der Waals surface area contributed by atoms with Crippen molar-refractivity contribution in [2.75, 3.05) is 0 Å². The van der Waals surface area contributed by atoms with Crippen molar-refractivity contribution in [3.05, 3.63) is 66.9 Å². The number of hydrogen-bond acceptors (Lipinski definition) is 8. The van der Waals surface area contributed by atoms with Gasteiger partial charge in [0.1, 0.15) is 16.4 Å². The van der Waals surface area contributed by atoms with Crippen LogP contribution >= 0.6 is 23.2 Å². The summed E-state index contributed by atoms with van der Waals surface area (Å²) in [4.78, 5) is 24.9. The van der Waals surface area contributed by atoms with Crippen LogP contribution in [0.2, 0.25) is 10.0 Å². The standard InChI is InChI=1S/C21H16Cl2F2N4O7S/c22-11-3-9(29-19(32)26-18(31)15(27-29)17(24)25)4-12(23)16(11)36-10-1-2-13(30)14(5-10)37(34,35)28-20-6-21(33,7-20)8-20/h1-5,17,28,30,33H,6-8H2,(H,26,31,32). The fraction of sp³-hybridized carbons (Fsp3) is 0.286. The molecule has 0 radical (unpaired) electrons. The first-order valence-corrected chi connectivity index (χ1v) is 12.7. The zero-order chi connectivity index (χ0) is 26.9. The summed E-state index contributed by atoms with van der Waals surface area (Å²) in [6.45, 7) is 0. The lowest BCUT2D eigenvalue weighted by Crippen LogP contribution is -2.78. The Labute approximate surface area is 216 Å². The summed E-state index contributed by atoms with van der Waals surface area (Å²) in [5.74, 6) is -0.802. The molecule has 196 valence electrons. The molecule has 16 heteroatoms. The van der Waals surface area contributed by atoms with Crippen LogP contribution < -0.4 is 20.7 Å². The Morgan fingerprint density at radius 3 is 2.32 bits per heavy atom. The minimum absolute atomic E-state index is 0.0785. The molecule has 6 rings (SSSR count). The summed E-state index contributed by atoms with van der Waals surface area (Å²) in [6, 6.07) is 5.60. The minimum atomic E-state index is -4.19. The Bertz CT molecular complexity index is 1630. The summed E-state index contributed by atoms with van der Waals surface area (Å²) < 4.78 is 60.5. The van der Waals surface area contributed by atoms with Crippen molar-refractivity contribution in [1.29, 1.82) is 0 Å². The first-order chi connectivity index (χ1) is 17.2. The molecular weight excluding hydrogens is 561 g/mol. The zero-order valence-corrected chi connectivity index (χ0v) is 20.7. The number of nitrogens with zero attached hydrogens (tertiary/aromatic N) is 2. The Morgan fingerprint density at radius 2 is 1.76 bits per heavy atom. The number of aromatic amines is 1. The lowest BCUT2D eigenvalue weighted by molar-refractivity contribution is -0.212. The molecule has 3 saturated carbocycles. The Balaban J connectivity index is 1.45. The van der Waals surface area contributed by atoms with E-state index < -0.39 is 55.2 Å². The lowest BCUT2D eigenvalue weighted by atomic mass is 9.47. The molecule has 1 aromatic heterocycles. The van der Waals surface area contributed by atoms with Gasteiger partial charge in [-0.1, -0.05) is 23.2 Å². The second-order valence-electron chi connectivity index (χ2n) is 8.97. The number of ether oxygens (including phenoxy) is 1. The minimum Gasteiger partial charge on any atom is -0.507 e. The van der Waals surface area contributed by atoms with Gasteiger partial charge in [0.2, 0.25) is 10.0 Å². The molecule has 11 nitrogen and oxygen atoms in total. The van der Waals surface area contributed by atoms with E-state index in [9.17, 15) is 37.0 Å². The summed E-state index contributed by atoms with van der Waals surface area (Å²) in [7, 11) is -4.19. The Morgan fingerprint density at radius 1 is 1.14 bits per heavy atom. The van der Waals surface area contributed by atoms with Gasteiger partial charge in [-0.2, -0.15) is 9.78 Å².